The average molecular weight is 359 g/mol. The monoisotopic (exact) mass is 358 g/mol. The Balaban J connectivity index is 1.89. The predicted molar refractivity (Wildman–Crippen MR) is 94.0 cm³/mol. The molecule has 0 spiro atoms. The molecule has 22 heavy (non-hydrogen) atoms. The number of thiazole rings is 1. The molecule has 120 valence electrons. The maximum atomic E-state index is 10.2. The molecular formula is C14H19ClN4OS2. The van der Waals surface area contributed by atoms with Crippen LogP contribution in [0.3, 0.4) is 0 Å². The van der Waals surface area contributed by atoms with E-state index in [1.165, 1.54) is 11.3 Å². The van der Waals surface area contributed by atoms with Crippen LogP contribution in [0, 0.1) is 6.92 Å². The molecule has 5 nitrogen and oxygen atoms in total. The van der Waals surface area contributed by atoms with Crippen molar-refractivity contribution in [1.29, 1.82) is 0 Å². The number of halogens is 1. The van der Waals surface area contributed by atoms with Crippen molar-refractivity contribution in [2.24, 2.45) is 4.99 Å². The second-order valence-corrected chi connectivity index (χ2v) is 7.61. The number of aliphatic hydroxyl groups is 1. The molecule has 1 unspecified atom stereocenters. The van der Waals surface area contributed by atoms with E-state index in [1.54, 1.807) is 24.5 Å². The maximum absolute atomic E-state index is 10.2. The first-order chi connectivity index (χ1) is 10.5. The van der Waals surface area contributed by atoms with Crippen LogP contribution >= 0.6 is 34.3 Å². The highest BCUT2D eigenvalue weighted by Crippen LogP contribution is 2.26. The minimum absolute atomic E-state index is 0.379. The van der Waals surface area contributed by atoms with Gasteiger partial charge in [0.1, 0.15) is 6.10 Å². The number of guanidine groups is 1. The Morgan fingerprint density at radius 2 is 2.32 bits per heavy atom. The second kappa shape index (κ2) is 7.92. The van der Waals surface area contributed by atoms with Gasteiger partial charge < -0.3 is 15.3 Å². The molecule has 0 radical (unpaired) electrons. The fourth-order valence-corrected chi connectivity index (χ4v) is 3.63. The molecular weight excluding hydrogens is 340 g/mol. The summed E-state index contributed by atoms with van der Waals surface area (Å²) in [6.45, 7) is 3.04. The number of aryl methyl sites for hydroxylation is 1. The van der Waals surface area contributed by atoms with E-state index >= 15 is 0 Å². The molecule has 2 aromatic rings. The topological polar surface area (TPSA) is 60.8 Å². The molecule has 2 rings (SSSR count). The molecule has 0 aliphatic rings. The van der Waals surface area contributed by atoms with Gasteiger partial charge in [0, 0.05) is 30.9 Å². The molecule has 1 atom stereocenters. The van der Waals surface area contributed by atoms with Crippen molar-refractivity contribution in [1.82, 2.24) is 15.2 Å². The van der Waals surface area contributed by atoms with Gasteiger partial charge in [-0.3, -0.25) is 4.99 Å². The quantitative estimate of drug-likeness (QED) is 0.637. The first-order valence-corrected chi connectivity index (χ1v) is 8.83. The number of nitrogens with zero attached hydrogens (tertiary/aromatic N) is 3. The molecule has 0 aliphatic heterocycles. The van der Waals surface area contributed by atoms with Crippen LogP contribution in [0.2, 0.25) is 4.34 Å². The van der Waals surface area contributed by atoms with Gasteiger partial charge >= 0.3 is 0 Å². The van der Waals surface area contributed by atoms with E-state index in [0.29, 0.717) is 23.4 Å². The van der Waals surface area contributed by atoms with E-state index in [-0.39, 0.29) is 0 Å². The zero-order valence-corrected chi connectivity index (χ0v) is 15.1. The smallest absolute Gasteiger partial charge is 0.193 e. The third kappa shape index (κ3) is 4.67. The first-order valence-electron chi connectivity index (χ1n) is 6.75. The lowest BCUT2D eigenvalue weighted by molar-refractivity contribution is 0.183. The standard InChI is InChI=1S/C14H19ClN4OS2/c1-9-18-10(8-21-9)7-19(3)14(16-2)17-6-11(20)12-4-5-13(15)22-12/h4-5,8,11,20H,6-7H2,1-3H3,(H,16,17). The van der Waals surface area contributed by atoms with E-state index in [2.05, 4.69) is 15.3 Å². The van der Waals surface area contributed by atoms with Crippen LogP contribution in [-0.2, 0) is 6.54 Å². The average Bonchev–Trinajstić information content (AvgIpc) is 3.08. The highest BCUT2D eigenvalue weighted by atomic mass is 35.5. The van der Waals surface area contributed by atoms with E-state index < -0.39 is 6.10 Å². The number of hydrogen-bond acceptors (Lipinski definition) is 5. The van der Waals surface area contributed by atoms with Crippen LogP contribution in [0.5, 0.6) is 0 Å². The first kappa shape index (κ1) is 17.2. The Morgan fingerprint density at radius 1 is 1.55 bits per heavy atom. The summed E-state index contributed by atoms with van der Waals surface area (Å²) in [6.07, 6.45) is -0.607. The number of thiophene rings is 1. The lowest BCUT2D eigenvalue weighted by Crippen LogP contribution is -2.40. The zero-order chi connectivity index (χ0) is 16.1. The van der Waals surface area contributed by atoms with Crippen LogP contribution < -0.4 is 5.32 Å². The zero-order valence-electron chi connectivity index (χ0n) is 12.7. The molecule has 0 saturated carbocycles. The molecule has 2 N–H and O–H groups in total. The van der Waals surface area contributed by atoms with E-state index in [0.717, 1.165) is 15.6 Å². The highest BCUT2D eigenvalue weighted by molar-refractivity contribution is 7.16. The van der Waals surface area contributed by atoms with Crippen molar-refractivity contribution in [2.75, 3.05) is 20.6 Å². The summed E-state index contributed by atoms with van der Waals surface area (Å²) < 4.78 is 0.675. The molecule has 0 aliphatic carbocycles. The molecule has 2 aromatic heterocycles. The van der Waals surface area contributed by atoms with Crippen molar-refractivity contribution in [3.8, 4) is 0 Å². The highest BCUT2D eigenvalue weighted by Gasteiger charge is 2.13. The van der Waals surface area contributed by atoms with Gasteiger partial charge in [-0.15, -0.1) is 22.7 Å². The number of nitrogens with one attached hydrogen (secondary N) is 1. The Kier molecular flexibility index (Phi) is 6.19. The van der Waals surface area contributed by atoms with Gasteiger partial charge in [0.25, 0.3) is 0 Å². The van der Waals surface area contributed by atoms with Crippen LogP contribution in [0.25, 0.3) is 0 Å². The fraction of sp³-hybridized carbons (Fsp3) is 0.429. The molecule has 2 heterocycles. The summed E-state index contributed by atoms with van der Waals surface area (Å²) >= 11 is 8.90. The van der Waals surface area contributed by atoms with Crippen LogP contribution in [-0.4, -0.2) is 41.6 Å². The summed E-state index contributed by atoms with van der Waals surface area (Å²) in [6, 6.07) is 3.63. The van der Waals surface area contributed by atoms with Crippen molar-refractivity contribution in [3.05, 3.63) is 37.4 Å². The summed E-state index contributed by atoms with van der Waals surface area (Å²) in [4.78, 5) is 11.5. The molecule has 0 amide bonds. The molecule has 0 bridgehead atoms. The number of hydrogen-bond donors (Lipinski definition) is 2. The van der Waals surface area contributed by atoms with E-state index in [4.69, 9.17) is 11.6 Å². The lowest BCUT2D eigenvalue weighted by atomic mass is 10.3. The minimum atomic E-state index is -0.607. The van der Waals surface area contributed by atoms with Gasteiger partial charge in [0.15, 0.2) is 5.96 Å². The Hall–Kier alpha value is -1.15. The number of rotatable bonds is 5. The van der Waals surface area contributed by atoms with Crippen molar-refractivity contribution < 1.29 is 5.11 Å². The molecule has 0 fully saturated rings. The Labute approximate surface area is 143 Å². The summed E-state index contributed by atoms with van der Waals surface area (Å²) in [7, 11) is 3.66. The van der Waals surface area contributed by atoms with E-state index in [9.17, 15) is 5.11 Å². The normalized spacial score (nSPS) is 13.2. The van der Waals surface area contributed by atoms with Crippen molar-refractivity contribution >= 4 is 40.2 Å². The molecule has 0 saturated heterocycles. The lowest BCUT2D eigenvalue weighted by Gasteiger charge is -2.22. The third-order valence-electron chi connectivity index (χ3n) is 3.02. The summed E-state index contributed by atoms with van der Waals surface area (Å²) in [5.41, 5.74) is 1.01. The van der Waals surface area contributed by atoms with Crippen molar-refractivity contribution in [2.45, 2.75) is 19.6 Å². The predicted octanol–water partition coefficient (Wildman–Crippen LogP) is 2.91. The van der Waals surface area contributed by atoms with Crippen LogP contribution in [0.1, 0.15) is 21.7 Å². The maximum Gasteiger partial charge on any atom is 0.193 e. The van der Waals surface area contributed by atoms with Gasteiger partial charge in [-0.1, -0.05) is 11.6 Å². The van der Waals surface area contributed by atoms with Gasteiger partial charge in [-0.2, -0.15) is 0 Å². The van der Waals surface area contributed by atoms with Crippen LogP contribution in [0.4, 0.5) is 0 Å². The van der Waals surface area contributed by atoms with Crippen molar-refractivity contribution in [3.63, 3.8) is 0 Å². The summed E-state index contributed by atoms with van der Waals surface area (Å²) in [5.74, 6) is 0.715. The number of aromatic nitrogens is 1. The Morgan fingerprint density at radius 3 is 2.86 bits per heavy atom. The fourth-order valence-electron chi connectivity index (χ4n) is 1.98. The Bertz CT molecular complexity index is 640. The van der Waals surface area contributed by atoms with Gasteiger partial charge in [-0.25, -0.2) is 4.98 Å². The molecule has 8 heteroatoms. The van der Waals surface area contributed by atoms with Gasteiger partial charge in [0.2, 0.25) is 0 Å². The van der Waals surface area contributed by atoms with E-state index in [1.807, 2.05) is 30.3 Å². The van der Waals surface area contributed by atoms with Gasteiger partial charge in [0.05, 0.1) is 21.6 Å². The number of aliphatic imine (C=N–C) groups is 1. The number of aliphatic hydroxyl groups excluding tert-OH is 1. The summed E-state index contributed by atoms with van der Waals surface area (Å²) in [5, 5.41) is 16.4. The van der Waals surface area contributed by atoms with Crippen LogP contribution in [0.15, 0.2) is 22.5 Å². The largest absolute Gasteiger partial charge is 0.386 e. The minimum Gasteiger partial charge on any atom is -0.386 e. The second-order valence-electron chi connectivity index (χ2n) is 4.80. The SMILES string of the molecule is CN=C(NCC(O)c1ccc(Cl)s1)N(C)Cc1csc(C)n1. The third-order valence-corrected chi connectivity index (χ3v) is 5.17. The molecule has 0 aromatic carbocycles. The van der Waals surface area contributed by atoms with Gasteiger partial charge in [-0.05, 0) is 19.1 Å².